The molecule has 0 unspecified atom stereocenters. The number of hydrogen-bond donors (Lipinski definition) is 1. The van der Waals surface area contributed by atoms with Crippen molar-refractivity contribution in [3.8, 4) is 11.5 Å². The second kappa shape index (κ2) is 10.2. The summed E-state index contributed by atoms with van der Waals surface area (Å²) in [6.45, 7) is 1.43. The van der Waals surface area contributed by atoms with E-state index in [1.54, 1.807) is 49.4 Å². The van der Waals surface area contributed by atoms with Gasteiger partial charge in [-0.15, -0.1) is 0 Å². The first-order valence-corrected chi connectivity index (χ1v) is 9.34. The van der Waals surface area contributed by atoms with E-state index in [0.717, 1.165) is 0 Å². The molecule has 0 heterocycles. The summed E-state index contributed by atoms with van der Waals surface area (Å²) in [7, 11) is 3.03. The average molecular weight is 425 g/mol. The minimum atomic E-state index is -0.744. The molecule has 1 atom stereocenters. The minimum Gasteiger partial charge on any atom is -0.493 e. The highest BCUT2D eigenvalue weighted by Gasteiger charge is 2.27. The maximum atomic E-state index is 12.9. The van der Waals surface area contributed by atoms with Crippen molar-refractivity contribution in [3.63, 3.8) is 0 Å². The Morgan fingerprint density at radius 3 is 2.25 bits per heavy atom. The first kappa shape index (κ1) is 21.9. The van der Waals surface area contributed by atoms with Crippen molar-refractivity contribution >= 4 is 35.0 Å². The zero-order valence-electron chi connectivity index (χ0n) is 15.9. The number of nitrogens with one attached hydrogen (secondary N) is 1. The predicted molar refractivity (Wildman–Crippen MR) is 109 cm³/mol. The molecule has 0 saturated carbocycles. The van der Waals surface area contributed by atoms with E-state index in [2.05, 4.69) is 5.32 Å². The molecule has 2 rings (SSSR count). The summed E-state index contributed by atoms with van der Waals surface area (Å²) in [6.07, 6.45) is 0. The molecular weight excluding hydrogens is 403 g/mol. The number of ether oxygens (including phenoxy) is 2. The Kier molecular flexibility index (Phi) is 7.96. The van der Waals surface area contributed by atoms with E-state index >= 15 is 0 Å². The van der Waals surface area contributed by atoms with Crippen LogP contribution in [-0.2, 0) is 16.1 Å². The van der Waals surface area contributed by atoms with Crippen molar-refractivity contribution in [2.24, 2.45) is 0 Å². The molecule has 2 aromatic carbocycles. The Labute approximate surface area is 174 Å². The van der Waals surface area contributed by atoms with Crippen LogP contribution < -0.4 is 14.8 Å². The van der Waals surface area contributed by atoms with Crippen molar-refractivity contribution in [3.05, 3.63) is 58.1 Å². The molecule has 0 aromatic heterocycles. The van der Waals surface area contributed by atoms with Gasteiger partial charge >= 0.3 is 0 Å². The summed E-state index contributed by atoms with van der Waals surface area (Å²) in [4.78, 5) is 26.4. The van der Waals surface area contributed by atoms with Crippen LogP contribution in [0.4, 0.5) is 0 Å². The van der Waals surface area contributed by atoms with Gasteiger partial charge in [-0.3, -0.25) is 9.59 Å². The van der Waals surface area contributed by atoms with Gasteiger partial charge in [0, 0.05) is 29.2 Å². The number of hydrogen-bond acceptors (Lipinski definition) is 4. The average Bonchev–Trinajstić information content (AvgIpc) is 2.71. The van der Waals surface area contributed by atoms with Gasteiger partial charge in [-0.1, -0.05) is 41.4 Å². The molecular formula is C20H22Cl2N2O4. The summed E-state index contributed by atoms with van der Waals surface area (Å²) in [5.41, 5.74) is 0.562. The number of carbonyl (C=O) groups is 2. The molecule has 2 amide bonds. The Morgan fingerprint density at radius 1 is 1.07 bits per heavy atom. The van der Waals surface area contributed by atoms with Gasteiger partial charge in [0.1, 0.15) is 6.04 Å². The summed E-state index contributed by atoms with van der Waals surface area (Å²) >= 11 is 12.5. The smallest absolute Gasteiger partial charge is 0.261 e. The second-order valence-corrected chi connectivity index (χ2v) is 6.77. The Balaban J connectivity index is 2.23. The van der Waals surface area contributed by atoms with E-state index in [0.29, 0.717) is 27.1 Å². The fourth-order valence-corrected chi connectivity index (χ4v) is 3.12. The first-order chi connectivity index (χ1) is 13.4. The zero-order chi connectivity index (χ0) is 20.7. The number of carbonyl (C=O) groups excluding carboxylic acids is 2. The first-order valence-electron chi connectivity index (χ1n) is 8.58. The van der Waals surface area contributed by atoms with Gasteiger partial charge in [0.25, 0.3) is 5.91 Å². The monoisotopic (exact) mass is 424 g/mol. The van der Waals surface area contributed by atoms with Crippen molar-refractivity contribution < 1.29 is 19.1 Å². The van der Waals surface area contributed by atoms with Gasteiger partial charge in [0.15, 0.2) is 18.1 Å². The van der Waals surface area contributed by atoms with E-state index in [4.69, 9.17) is 32.7 Å². The molecule has 150 valence electrons. The Bertz CT molecular complexity index is 824. The van der Waals surface area contributed by atoms with Gasteiger partial charge < -0.3 is 19.7 Å². The third-order valence-corrected chi connectivity index (χ3v) is 4.93. The SMILES string of the molecule is CNC(=O)[C@@H](C)N(Cc1c(Cl)cccc1Cl)C(=O)COc1ccccc1OC. The molecule has 0 bridgehead atoms. The van der Waals surface area contributed by atoms with Gasteiger partial charge in [0.2, 0.25) is 5.91 Å². The van der Waals surface area contributed by atoms with Crippen molar-refractivity contribution in [1.82, 2.24) is 10.2 Å². The molecule has 1 N–H and O–H groups in total. The molecule has 8 heteroatoms. The highest BCUT2D eigenvalue weighted by molar-refractivity contribution is 6.36. The lowest BCUT2D eigenvalue weighted by molar-refractivity contribution is -0.142. The van der Waals surface area contributed by atoms with Gasteiger partial charge in [-0.2, -0.15) is 0 Å². The van der Waals surface area contributed by atoms with E-state index in [9.17, 15) is 9.59 Å². The van der Waals surface area contributed by atoms with Crippen LogP contribution in [0.5, 0.6) is 11.5 Å². The van der Waals surface area contributed by atoms with Crippen LogP contribution in [0.2, 0.25) is 10.0 Å². The third-order valence-electron chi connectivity index (χ3n) is 4.22. The Hall–Kier alpha value is -2.44. The van der Waals surface area contributed by atoms with E-state index in [1.165, 1.54) is 19.1 Å². The molecule has 0 aliphatic rings. The van der Waals surface area contributed by atoms with Crippen molar-refractivity contribution in [1.29, 1.82) is 0 Å². The van der Waals surface area contributed by atoms with Gasteiger partial charge in [-0.05, 0) is 31.2 Å². The molecule has 0 radical (unpaired) electrons. The number of likely N-dealkylation sites (N-methyl/N-ethyl adjacent to an activating group) is 1. The summed E-state index contributed by atoms with van der Waals surface area (Å²) < 4.78 is 10.8. The number of benzene rings is 2. The molecule has 0 aliphatic heterocycles. The molecule has 0 saturated heterocycles. The topological polar surface area (TPSA) is 67.9 Å². The minimum absolute atomic E-state index is 0.0706. The lowest BCUT2D eigenvalue weighted by atomic mass is 10.1. The highest BCUT2D eigenvalue weighted by Crippen LogP contribution is 2.28. The maximum Gasteiger partial charge on any atom is 0.261 e. The normalized spacial score (nSPS) is 11.5. The third kappa shape index (κ3) is 5.30. The molecule has 0 spiro atoms. The van der Waals surface area contributed by atoms with Crippen LogP contribution in [0.15, 0.2) is 42.5 Å². The van der Waals surface area contributed by atoms with Gasteiger partial charge in [-0.25, -0.2) is 0 Å². The predicted octanol–water partition coefficient (Wildman–Crippen LogP) is 3.54. The van der Waals surface area contributed by atoms with Crippen LogP contribution >= 0.6 is 23.2 Å². The van der Waals surface area contributed by atoms with Crippen LogP contribution in [0.3, 0.4) is 0 Å². The van der Waals surface area contributed by atoms with Crippen LogP contribution in [0.25, 0.3) is 0 Å². The number of halogens is 2. The lowest BCUT2D eigenvalue weighted by Crippen LogP contribution is -2.48. The second-order valence-electron chi connectivity index (χ2n) is 5.95. The molecule has 0 fully saturated rings. The number of rotatable bonds is 8. The Morgan fingerprint density at radius 2 is 1.68 bits per heavy atom. The molecule has 28 heavy (non-hydrogen) atoms. The van der Waals surface area contributed by atoms with E-state index in [-0.39, 0.29) is 19.1 Å². The van der Waals surface area contributed by atoms with Crippen molar-refractivity contribution in [2.75, 3.05) is 20.8 Å². The quantitative estimate of drug-likeness (QED) is 0.703. The standard InChI is InChI=1S/C20H22Cl2N2O4/c1-13(20(26)23-2)24(11-14-15(21)7-6-8-16(14)22)19(25)12-28-18-10-5-4-9-17(18)27-3/h4-10,13H,11-12H2,1-3H3,(H,23,26)/t13-/m1/s1. The highest BCUT2D eigenvalue weighted by atomic mass is 35.5. The zero-order valence-corrected chi connectivity index (χ0v) is 17.4. The molecule has 6 nitrogen and oxygen atoms in total. The number of nitrogens with zero attached hydrogens (tertiary/aromatic N) is 1. The van der Waals surface area contributed by atoms with Crippen molar-refractivity contribution in [2.45, 2.75) is 19.5 Å². The van der Waals surface area contributed by atoms with Crippen LogP contribution in [-0.4, -0.2) is 43.5 Å². The largest absolute Gasteiger partial charge is 0.493 e. The summed E-state index contributed by atoms with van der Waals surface area (Å²) in [5.74, 6) is 0.240. The summed E-state index contributed by atoms with van der Waals surface area (Å²) in [6, 6.07) is 11.3. The fourth-order valence-electron chi connectivity index (χ4n) is 2.61. The number of amides is 2. The van der Waals surface area contributed by atoms with Crippen LogP contribution in [0.1, 0.15) is 12.5 Å². The summed E-state index contributed by atoms with van der Waals surface area (Å²) in [5, 5.41) is 3.38. The number of para-hydroxylation sites is 2. The molecule has 0 aliphatic carbocycles. The molecule has 2 aromatic rings. The van der Waals surface area contributed by atoms with E-state index < -0.39 is 11.9 Å². The number of methoxy groups -OCH3 is 1. The van der Waals surface area contributed by atoms with E-state index in [1.807, 2.05) is 0 Å². The van der Waals surface area contributed by atoms with Crippen LogP contribution in [0, 0.1) is 0 Å². The lowest BCUT2D eigenvalue weighted by Gasteiger charge is -2.29. The fraction of sp³-hybridized carbons (Fsp3) is 0.300. The van der Waals surface area contributed by atoms with Gasteiger partial charge in [0.05, 0.1) is 7.11 Å². The maximum absolute atomic E-state index is 12.9.